The molecule has 1 aromatic carbocycles. The minimum Gasteiger partial charge on any atom is -0.444 e. The maximum atomic E-state index is 12.2. The van der Waals surface area contributed by atoms with Gasteiger partial charge in [0, 0.05) is 0 Å². The van der Waals surface area contributed by atoms with E-state index in [1.165, 1.54) is 0 Å². The van der Waals surface area contributed by atoms with Crippen molar-refractivity contribution >= 4 is 11.9 Å². The van der Waals surface area contributed by atoms with Crippen LogP contribution in [-0.4, -0.2) is 33.7 Å². The van der Waals surface area contributed by atoms with Crippen molar-refractivity contribution in [1.82, 2.24) is 4.90 Å². The van der Waals surface area contributed by atoms with Gasteiger partial charge in [-0.2, -0.15) is 0 Å². The van der Waals surface area contributed by atoms with Crippen LogP contribution in [-0.2, 0) is 15.1 Å². The van der Waals surface area contributed by atoms with E-state index in [-0.39, 0.29) is 0 Å². The summed E-state index contributed by atoms with van der Waals surface area (Å²) >= 11 is 0. The van der Waals surface area contributed by atoms with E-state index in [9.17, 15) is 14.7 Å². The lowest BCUT2D eigenvalue weighted by Crippen LogP contribution is -2.72. The fourth-order valence-electron chi connectivity index (χ4n) is 2.30. The van der Waals surface area contributed by atoms with Crippen LogP contribution in [0.1, 0.15) is 33.3 Å². The van der Waals surface area contributed by atoms with Crippen LogP contribution in [0.5, 0.6) is 0 Å². The zero-order valence-electron chi connectivity index (χ0n) is 12.1. The Hall–Kier alpha value is -1.88. The van der Waals surface area contributed by atoms with Crippen LogP contribution >= 0.6 is 0 Å². The van der Waals surface area contributed by atoms with Crippen LogP contribution in [0.3, 0.4) is 0 Å². The van der Waals surface area contributed by atoms with E-state index in [0.29, 0.717) is 5.56 Å². The molecular weight excluding hydrogens is 258 g/mol. The average Bonchev–Trinajstić information content (AvgIpc) is 2.37. The van der Waals surface area contributed by atoms with Crippen molar-refractivity contribution in [3.05, 3.63) is 35.9 Å². The Morgan fingerprint density at radius 3 is 2.35 bits per heavy atom. The van der Waals surface area contributed by atoms with Crippen LogP contribution in [0, 0.1) is 0 Å². The summed E-state index contributed by atoms with van der Waals surface area (Å²) in [4.78, 5) is 25.3. The van der Waals surface area contributed by atoms with E-state index in [4.69, 9.17) is 4.74 Å². The molecule has 2 atom stereocenters. The third kappa shape index (κ3) is 2.18. The summed E-state index contributed by atoms with van der Waals surface area (Å²) in [6.07, 6.45) is -2.15. The Kier molecular flexibility index (Phi) is 3.34. The standard InChI is InChI=1S/C15H19NO4/c1-14(2,3)20-13(19)16-12(18)11(17)15(16,4)10-8-6-5-7-9-10/h5-9,12,18H,1-4H3/t12?,15-/m0/s1. The van der Waals surface area contributed by atoms with Crippen molar-refractivity contribution in [2.24, 2.45) is 0 Å². The molecule has 5 nitrogen and oxygen atoms in total. The number of hydrogen-bond donors (Lipinski definition) is 1. The number of amides is 1. The first-order chi connectivity index (χ1) is 9.18. The van der Waals surface area contributed by atoms with E-state index in [0.717, 1.165) is 4.90 Å². The molecular formula is C15H19NO4. The lowest BCUT2D eigenvalue weighted by atomic mass is 9.77. The van der Waals surface area contributed by atoms with Crippen molar-refractivity contribution in [3.8, 4) is 0 Å². The number of benzene rings is 1. The number of carbonyl (C=O) groups is 2. The third-order valence-corrected chi connectivity index (χ3v) is 3.37. The zero-order valence-corrected chi connectivity index (χ0v) is 12.1. The Morgan fingerprint density at radius 2 is 1.85 bits per heavy atom. The third-order valence-electron chi connectivity index (χ3n) is 3.37. The van der Waals surface area contributed by atoms with Crippen LogP contribution in [0.2, 0.25) is 0 Å². The average molecular weight is 277 g/mol. The molecule has 108 valence electrons. The normalized spacial score (nSPS) is 26.1. The second-order valence-electron chi connectivity index (χ2n) is 6.03. The first-order valence-corrected chi connectivity index (χ1v) is 6.48. The molecule has 1 unspecified atom stereocenters. The first-order valence-electron chi connectivity index (χ1n) is 6.48. The molecule has 20 heavy (non-hydrogen) atoms. The summed E-state index contributed by atoms with van der Waals surface area (Å²) in [5.41, 5.74) is -1.21. The number of ketones is 1. The number of nitrogens with zero attached hydrogens (tertiary/aromatic N) is 1. The molecule has 1 aliphatic rings. The quantitative estimate of drug-likeness (QED) is 0.853. The van der Waals surface area contributed by atoms with E-state index >= 15 is 0 Å². The molecule has 1 aliphatic heterocycles. The summed E-state index contributed by atoms with van der Waals surface area (Å²) in [5.74, 6) is -0.408. The molecule has 1 amide bonds. The number of carbonyl (C=O) groups excluding carboxylic acids is 2. The van der Waals surface area contributed by atoms with Gasteiger partial charge >= 0.3 is 6.09 Å². The molecule has 1 N–H and O–H groups in total. The topological polar surface area (TPSA) is 66.8 Å². The number of aliphatic hydroxyl groups excluding tert-OH is 1. The predicted molar refractivity (Wildman–Crippen MR) is 72.9 cm³/mol. The van der Waals surface area contributed by atoms with Crippen molar-refractivity contribution in [1.29, 1.82) is 0 Å². The first kappa shape index (κ1) is 14.5. The van der Waals surface area contributed by atoms with Crippen molar-refractivity contribution < 1.29 is 19.4 Å². The Labute approximate surface area is 118 Å². The smallest absolute Gasteiger partial charge is 0.413 e. The number of hydrogen-bond acceptors (Lipinski definition) is 4. The van der Waals surface area contributed by atoms with E-state index in [2.05, 4.69) is 0 Å². The van der Waals surface area contributed by atoms with Crippen LogP contribution in [0.25, 0.3) is 0 Å². The molecule has 0 radical (unpaired) electrons. The molecule has 1 heterocycles. The van der Waals surface area contributed by atoms with Crippen molar-refractivity contribution in [3.63, 3.8) is 0 Å². The van der Waals surface area contributed by atoms with Crippen LogP contribution < -0.4 is 0 Å². The van der Waals surface area contributed by atoms with E-state index in [1.807, 2.05) is 6.07 Å². The highest BCUT2D eigenvalue weighted by atomic mass is 16.6. The summed E-state index contributed by atoms with van der Waals surface area (Å²) in [6, 6.07) is 8.89. The monoisotopic (exact) mass is 277 g/mol. The fourth-order valence-corrected chi connectivity index (χ4v) is 2.30. The molecule has 0 bridgehead atoms. The molecule has 1 fully saturated rings. The van der Waals surface area contributed by atoms with Crippen LogP contribution in [0.15, 0.2) is 30.3 Å². The molecule has 0 aliphatic carbocycles. The molecule has 5 heteroatoms. The maximum Gasteiger partial charge on any atom is 0.413 e. The van der Waals surface area contributed by atoms with Crippen LogP contribution in [0.4, 0.5) is 4.79 Å². The van der Waals surface area contributed by atoms with Gasteiger partial charge in [-0.1, -0.05) is 30.3 Å². The molecule has 0 spiro atoms. The number of likely N-dealkylation sites (tertiary alicyclic amines) is 1. The Bertz CT molecular complexity index is 535. The Balaban J connectivity index is 2.33. The lowest BCUT2D eigenvalue weighted by Gasteiger charge is -2.51. The second kappa shape index (κ2) is 4.59. The van der Waals surface area contributed by atoms with Crippen molar-refractivity contribution in [2.45, 2.75) is 45.1 Å². The zero-order chi connectivity index (χ0) is 15.1. The highest BCUT2D eigenvalue weighted by molar-refractivity contribution is 6.03. The Morgan fingerprint density at radius 1 is 1.30 bits per heavy atom. The number of ether oxygens (including phenoxy) is 1. The highest BCUT2D eigenvalue weighted by Gasteiger charge is 2.61. The van der Waals surface area contributed by atoms with Gasteiger partial charge in [0.15, 0.2) is 6.23 Å². The maximum absolute atomic E-state index is 12.2. The molecule has 0 aromatic heterocycles. The van der Waals surface area contributed by atoms with Gasteiger partial charge in [-0.15, -0.1) is 0 Å². The van der Waals surface area contributed by atoms with E-state index < -0.39 is 29.2 Å². The minimum absolute atomic E-state index is 0.408. The van der Waals surface area contributed by atoms with Gasteiger partial charge in [0.1, 0.15) is 11.1 Å². The molecule has 1 saturated heterocycles. The second-order valence-corrected chi connectivity index (χ2v) is 6.03. The highest BCUT2D eigenvalue weighted by Crippen LogP contribution is 2.41. The fraction of sp³-hybridized carbons (Fsp3) is 0.467. The lowest BCUT2D eigenvalue weighted by molar-refractivity contribution is -0.184. The van der Waals surface area contributed by atoms with Gasteiger partial charge in [0.05, 0.1) is 0 Å². The number of rotatable bonds is 1. The summed E-state index contributed by atoms with van der Waals surface area (Å²) in [6.45, 7) is 6.82. The number of aliphatic hydroxyl groups is 1. The van der Waals surface area contributed by atoms with Crippen molar-refractivity contribution in [2.75, 3.05) is 0 Å². The van der Waals surface area contributed by atoms with Gasteiger partial charge in [-0.25, -0.2) is 4.79 Å². The molecule has 1 aromatic rings. The summed E-state index contributed by atoms with van der Waals surface area (Å²) in [5, 5.41) is 9.82. The van der Waals surface area contributed by atoms with Gasteiger partial charge in [0.25, 0.3) is 0 Å². The minimum atomic E-state index is -1.45. The largest absolute Gasteiger partial charge is 0.444 e. The predicted octanol–water partition coefficient (Wildman–Crippen LogP) is 2.04. The SMILES string of the molecule is CC(C)(C)OC(=O)N1C(O)C(=O)[C@]1(C)c1ccccc1. The van der Waals surface area contributed by atoms with Gasteiger partial charge in [0.2, 0.25) is 5.78 Å². The summed E-state index contributed by atoms with van der Waals surface area (Å²) in [7, 11) is 0. The number of Topliss-reactive ketones (excluding diaryl/α,β-unsaturated/α-hetero) is 1. The van der Waals surface area contributed by atoms with Gasteiger partial charge in [-0.3, -0.25) is 9.69 Å². The molecule has 2 rings (SSSR count). The van der Waals surface area contributed by atoms with Gasteiger partial charge < -0.3 is 9.84 Å². The molecule has 0 saturated carbocycles. The van der Waals surface area contributed by atoms with E-state index in [1.54, 1.807) is 52.0 Å². The van der Waals surface area contributed by atoms with Gasteiger partial charge in [-0.05, 0) is 33.3 Å². The summed E-state index contributed by atoms with van der Waals surface area (Å²) < 4.78 is 5.25.